The second-order valence-electron chi connectivity index (χ2n) is 4.34. The minimum absolute atomic E-state index is 0.172. The van der Waals surface area contributed by atoms with Crippen LogP contribution in [0.4, 0.5) is 8.78 Å². The summed E-state index contributed by atoms with van der Waals surface area (Å²) in [7, 11) is 0. The molecule has 0 saturated heterocycles. The number of hydrogen-bond donors (Lipinski definition) is 2. The van der Waals surface area contributed by atoms with E-state index in [-0.39, 0.29) is 5.56 Å². The summed E-state index contributed by atoms with van der Waals surface area (Å²) in [6.07, 6.45) is 2.25. The lowest BCUT2D eigenvalue weighted by atomic mass is 10.0. The first-order valence-electron chi connectivity index (χ1n) is 6.21. The fraction of sp³-hybridized carbons (Fsp3) is 0.308. The van der Waals surface area contributed by atoms with Gasteiger partial charge < -0.3 is 0 Å². The molecule has 0 spiro atoms. The predicted octanol–water partition coefficient (Wildman–Crippen LogP) is 2.78. The third-order valence-electron chi connectivity index (χ3n) is 3.00. The molecule has 0 aliphatic rings. The molecule has 20 heavy (non-hydrogen) atoms. The SMILES string of the molecule is CCCn1ncc(Cl)c1C(NN)c1c(F)cccc1F. The van der Waals surface area contributed by atoms with Gasteiger partial charge in [0.25, 0.3) is 0 Å². The largest absolute Gasteiger partial charge is 0.271 e. The normalized spacial score (nSPS) is 12.7. The van der Waals surface area contributed by atoms with Crippen LogP contribution < -0.4 is 11.3 Å². The molecule has 1 atom stereocenters. The molecule has 0 aliphatic heterocycles. The van der Waals surface area contributed by atoms with Gasteiger partial charge in [0.05, 0.1) is 23.0 Å². The summed E-state index contributed by atoms with van der Waals surface area (Å²) < 4.78 is 29.4. The zero-order valence-corrected chi connectivity index (χ0v) is 11.7. The summed E-state index contributed by atoms with van der Waals surface area (Å²) in [5.74, 6) is 4.11. The van der Waals surface area contributed by atoms with Crippen molar-refractivity contribution in [2.75, 3.05) is 0 Å². The van der Waals surface area contributed by atoms with Gasteiger partial charge in [0, 0.05) is 12.1 Å². The summed E-state index contributed by atoms with van der Waals surface area (Å²) in [6.45, 7) is 2.55. The van der Waals surface area contributed by atoms with Crippen LogP contribution in [0.5, 0.6) is 0 Å². The lowest BCUT2D eigenvalue weighted by molar-refractivity contribution is 0.476. The van der Waals surface area contributed by atoms with Crippen LogP contribution in [-0.2, 0) is 6.54 Å². The molecule has 2 aromatic rings. The molecule has 4 nitrogen and oxygen atoms in total. The van der Waals surface area contributed by atoms with Crippen LogP contribution >= 0.6 is 11.6 Å². The van der Waals surface area contributed by atoms with Crippen LogP contribution in [0.2, 0.25) is 5.02 Å². The summed E-state index contributed by atoms with van der Waals surface area (Å²) >= 11 is 6.08. The molecule has 1 aromatic heterocycles. The highest BCUT2D eigenvalue weighted by molar-refractivity contribution is 6.31. The fourth-order valence-corrected chi connectivity index (χ4v) is 2.38. The number of hydrazine groups is 1. The van der Waals surface area contributed by atoms with Gasteiger partial charge in [-0.3, -0.25) is 10.5 Å². The first-order chi connectivity index (χ1) is 9.60. The van der Waals surface area contributed by atoms with Crippen LogP contribution in [0.15, 0.2) is 24.4 Å². The Labute approximate surface area is 120 Å². The van der Waals surface area contributed by atoms with Crippen molar-refractivity contribution < 1.29 is 8.78 Å². The number of rotatable bonds is 5. The van der Waals surface area contributed by atoms with Gasteiger partial charge in [-0.1, -0.05) is 24.6 Å². The smallest absolute Gasteiger partial charge is 0.131 e. The van der Waals surface area contributed by atoms with Crippen molar-refractivity contribution in [1.29, 1.82) is 0 Å². The van der Waals surface area contributed by atoms with Crippen molar-refractivity contribution in [2.24, 2.45) is 5.84 Å². The molecule has 0 radical (unpaired) electrons. The van der Waals surface area contributed by atoms with Crippen LogP contribution in [0.1, 0.15) is 30.6 Å². The molecule has 0 amide bonds. The van der Waals surface area contributed by atoms with Gasteiger partial charge >= 0.3 is 0 Å². The Hall–Kier alpha value is -1.50. The van der Waals surface area contributed by atoms with E-state index in [1.165, 1.54) is 24.4 Å². The summed E-state index contributed by atoms with van der Waals surface area (Å²) in [5, 5.41) is 4.41. The number of benzene rings is 1. The molecule has 108 valence electrons. The molecule has 7 heteroatoms. The van der Waals surface area contributed by atoms with Gasteiger partial charge in [0.15, 0.2) is 0 Å². The van der Waals surface area contributed by atoms with Crippen molar-refractivity contribution in [3.8, 4) is 0 Å². The number of nitrogens with two attached hydrogens (primary N) is 1. The molecule has 2 rings (SSSR count). The van der Waals surface area contributed by atoms with Crippen LogP contribution in [0.3, 0.4) is 0 Å². The highest BCUT2D eigenvalue weighted by Gasteiger charge is 2.26. The lowest BCUT2D eigenvalue weighted by Crippen LogP contribution is -2.32. The van der Waals surface area contributed by atoms with Gasteiger partial charge in [0.2, 0.25) is 0 Å². The average molecular weight is 301 g/mol. The van der Waals surface area contributed by atoms with Gasteiger partial charge in [-0.25, -0.2) is 14.2 Å². The maximum atomic E-state index is 13.9. The van der Waals surface area contributed by atoms with E-state index in [1.54, 1.807) is 4.68 Å². The Morgan fingerprint density at radius 1 is 1.40 bits per heavy atom. The van der Waals surface area contributed by atoms with Crippen molar-refractivity contribution in [1.82, 2.24) is 15.2 Å². The summed E-state index contributed by atoms with van der Waals surface area (Å²) in [5.41, 5.74) is 2.69. The monoisotopic (exact) mass is 300 g/mol. The second kappa shape index (κ2) is 6.30. The quantitative estimate of drug-likeness (QED) is 0.659. The Balaban J connectivity index is 2.55. The van der Waals surface area contributed by atoms with E-state index in [0.29, 0.717) is 17.3 Å². The van der Waals surface area contributed by atoms with Gasteiger partial charge in [0.1, 0.15) is 11.6 Å². The van der Waals surface area contributed by atoms with Gasteiger partial charge in [-0.2, -0.15) is 5.10 Å². The van der Waals surface area contributed by atoms with E-state index >= 15 is 0 Å². The molecular weight excluding hydrogens is 286 g/mol. The van der Waals surface area contributed by atoms with E-state index in [0.717, 1.165) is 6.42 Å². The van der Waals surface area contributed by atoms with Crippen molar-refractivity contribution in [3.05, 3.63) is 52.3 Å². The van der Waals surface area contributed by atoms with Crippen molar-refractivity contribution in [3.63, 3.8) is 0 Å². The maximum absolute atomic E-state index is 13.9. The van der Waals surface area contributed by atoms with E-state index in [2.05, 4.69) is 10.5 Å². The molecule has 1 aromatic carbocycles. The number of nitrogens with one attached hydrogen (secondary N) is 1. The number of aromatic nitrogens is 2. The molecule has 1 unspecified atom stereocenters. The third-order valence-corrected chi connectivity index (χ3v) is 3.29. The van der Waals surface area contributed by atoms with Gasteiger partial charge in [-0.05, 0) is 18.6 Å². The minimum Gasteiger partial charge on any atom is -0.271 e. The van der Waals surface area contributed by atoms with Crippen LogP contribution in [0, 0.1) is 11.6 Å². The second-order valence-corrected chi connectivity index (χ2v) is 4.74. The van der Waals surface area contributed by atoms with Gasteiger partial charge in [-0.15, -0.1) is 0 Å². The Morgan fingerprint density at radius 2 is 2.05 bits per heavy atom. The van der Waals surface area contributed by atoms with E-state index in [1.807, 2.05) is 6.92 Å². The number of hydrogen-bond acceptors (Lipinski definition) is 3. The number of halogens is 3. The maximum Gasteiger partial charge on any atom is 0.131 e. The predicted molar refractivity (Wildman–Crippen MR) is 73.1 cm³/mol. The highest BCUT2D eigenvalue weighted by atomic mass is 35.5. The van der Waals surface area contributed by atoms with Crippen LogP contribution in [-0.4, -0.2) is 9.78 Å². The zero-order valence-electron chi connectivity index (χ0n) is 10.9. The zero-order chi connectivity index (χ0) is 14.7. The molecule has 1 heterocycles. The molecule has 0 fully saturated rings. The molecular formula is C13H15ClF2N4. The summed E-state index contributed by atoms with van der Waals surface area (Å²) in [6, 6.07) is 2.75. The van der Waals surface area contributed by atoms with E-state index in [4.69, 9.17) is 17.4 Å². The number of nitrogens with zero attached hydrogens (tertiary/aromatic N) is 2. The Kier molecular flexibility index (Phi) is 4.69. The summed E-state index contributed by atoms with van der Waals surface area (Å²) in [4.78, 5) is 0. The Morgan fingerprint density at radius 3 is 2.60 bits per heavy atom. The molecule has 0 aliphatic carbocycles. The minimum atomic E-state index is -0.905. The van der Waals surface area contributed by atoms with E-state index < -0.39 is 17.7 Å². The first kappa shape index (κ1) is 14.9. The van der Waals surface area contributed by atoms with E-state index in [9.17, 15) is 8.78 Å². The molecule has 3 N–H and O–H groups in total. The molecule has 0 bridgehead atoms. The van der Waals surface area contributed by atoms with Crippen LogP contribution in [0.25, 0.3) is 0 Å². The third kappa shape index (κ3) is 2.67. The highest BCUT2D eigenvalue weighted by Crippen LogP contribution is 2.31. The molecule has 0 saturated carbocycles. The standard InChI is InChI=1S/C13H15ClF2N4/c1-2-6-20-13(8(14)7-18-20)12(19-17)11-9(15)4-3-5-10(11)16/h3-5,7,12,19H,2,6,17H2,1H3. The lowest BCUT2D eigenvalue weighted by Gasteiger charge is -2.19. The van der Waals surface area contributed by atoms with Crippen molar-refractivity contribution in [2.45, 2.75) is 25.9 Å². The number of aryl methyl sites for hydroxylation is 1. The average Bonchev–Trinajstić information content (AvgIpc) is 2.76. The fourth-order valence-electron chi connectivity index (χ4n) is 2.13. The van der Waals surface area contributed by atoms with Crippen molar-refractivity contribution >= 4 is 11.6 Å². The topological polar surface area (TPSA) is 55.9 Å². The Bertz CT molecular complexity index is 580. The first-order valence-corrected chi connectivity index (χ1v) is 6.59.